The first-order valence-corrected chi connectivity index (χ1v) is 5.43. The van der Waals surface area contributed by atoms with Gasteiger partial charge in [-0.2, -0.15) is 5.26 Å². The zero-order valence-corrected chi connectivity index (χ0v) is 9.58. The van der Waals surface area contributed by atoms with Crippen LogP contribution in [0.5, 0.6) is 0 Å². The molecule has 0 unspecified atom stereocenters. The van der Waals surface area contributed by atoms with Gasteiger partial charge in [0.1, 0.15) is 0 Å². The van der Waals surface area contributed by atoms with Crippen LogP contribution in [0.3, 0.4) is 0 Å². The zero-order valence-electron chi connectivity index (χ0n) is 9.58. The van der Waals surface area contributed by atoms with Crippen LogP contribution in [-0.4, -0.2) is 49.1 Å². The van der Waals surface area contributed by atoms with Crippen LogP contribution >= 0.6 is 0 Å². The van der Waals surface area contributed by atoms with Crippen molar-refractivity contribution in [2.24, 2.45) is 5.41 Å². The molecule has 1 rings (SSSR count). The number of hydrogen-bond acceptors (Lipinski definition) is 3. The van der Waals surface area contributed by atoms with Crippen LogP contribution in [0.4, 0.5) is 0 Å². The molecular formula is C11H21N3. The highest BCUT2D eigenvalue weighted by Crippen LogP contribution is 2.16. The molecule has 1 saturated heterocycles. The van der Waals surface area contributed by atoms with Gasteiger partial charge >= 0.3 is 0 Å². The van der Waals surface area contributed by atoms with Crippen LogP contribution in [0, 0.1) is 16.7 Å². The number of piperazine rings is 1. The predicted molar refractivity (Wildman–Crippen MR) is 57.9 cm³/mol. The topological polar surface area (TPSA) is 30.3 Å². The van der Waals surface area contributed by atoms with Gasteiger partial charge in [0.2, 0.25) is 0 Å². The standard InChI is InChI=1S/C11H21N3/c1-4-13-5-7-14(8-6-13)10-11(2,3)9-12/h4-8,10H2,1-3H3. The van der Waals surface area contributed by atoms with Gasteiger partial charge in [-0.25, -0.2) is 0 Å². The summed E-state index contributed by atoms with van der Waals surface area (Å²) in [5.74, 6) is 0. The molecule has 0 amide bonds. The lowest BCUT2D eigenvalue weighted by Gasteiger charge is -2.36. The lowest BCUT2D eigenvalue weighted by atomic mass is 9.95. The maximum atomic E-state index is 8.94. The van der Waals surface area contributed by atoms with Crippen LogP contribution in [0.2, 0.25) is 0 Å². The highest BCUT2D eigenvalue weighted by molar-refractivity contribution is 4.94. The molecule has 3 nitrogen and oxygen atoms in total. The average Bonchev–Trinajstić information content (AvgIpc) is 2.19. The Kier molecular flexibility index (Phi) is 3.91. The highest BCUT2D eigenvalue weighted by atomic mass is 15.3. The van der Waals surface area contributed by atoms with Crippen molar-refractivity contribution < 1.29 is 0 Å². The first kappa shape index (κ1) is 11.5. The molecule has 1 aliphatic heterocycles. The third-order valence-corrected chi connectivity index (χ3v) is 2.83. The van der Waals surface area contributed by atoms with Crippen LogP contribution in [0.25, 0.3) is 0 Å². The molecule has 0 aromatic rings. The average molecular weight is 195 g/mol. The molecule has 0 aliphatic carbocycles. The molecule has 1 aliphatic rings. The van der Waals surface area contributed by atoms with E-state index >= 15 is 0 Å². The van der Waals surface area contributed by atoms with Crippen molar-refractivity contribution in [3.63, 3.8) is 0 Å². The fourth-order valence-electron chi connectivity index (χ4n) is 1.86. The van der Waals surface area contributed by atoms with E-state index in [4.69, 9.17) is 5.26 Å². The molecule has 1 heterocycles. The molecule has 0 aromatic heterocycles. The lowest BCUT2D eigenvalue weighted by Crippen LogP contribution is -2.48. The second-order valence-electron chi connectivity index (χ2n) is 4.71. The van der Waals surface area contributed by atoms with Gasteiger partial charge in [0.05, 0.1) is 11.5 Å². The molecule has 0 atom stereocenters. The Labute approximate surface area is 87.3 Å². The van der Waals surface area contributed by atoms with E-state index in [1.165, 1.54) is 0 Å². The summed E-state index contributed by atoms with van der Waals surface area (Å²) in [5.41, 5.74) is -0.200. The Morgan fingerprint density at radius 2 is 1.64 bits per heavy atom. The van der Waals surface area contributed by atoms with E-state index < -0.39 is 0 Å². The largest absolute Gasteiger partial charge is 0.301 e. The number of hydrogen-bond donors (Lipinski definition) is 0. The quantitative estimate of drug-likeness (QED) is 0.677. The monoisotopic (exact) mass is 195 g/mol. The van der Waals surface area contributed by atoms with Gasteiger partial charge in [-0.05, 0) is 20.4 Å². The fourth-order valence-corrected chi connectivity index (χ4v) is 1.86. The second-order valence-corrected chi connectivity index (χ2v) is 4.71. The Bertz CT molecular complexity index is 209. The predicted octanol–water partition coefficient (Wildman–Crippen LogP) is 1.17. The van der Waals surface area contributed by atoms with Gasteiger partial charge in [0.15, 0.2) is 0 Å². The summed E-state index contributed by atoms with van der Waals surface area (Å²) in [4.78, 5) is 4.85. The Balaban J connectivity index is 2.33. The molecule has 0 spiro atoms. The minimum absolute atomic E-state index is 0.200. The summed E-state index contributed by atoms with van der Waals surface area (Å²) >= 11 is 0. The summed E-state index contributed by atoms with van der Waals surface area (Å²) in [7, 11) is 0. The number of nitrogens with zero attached hydrogens (tertiary/aromatic N) is 3. The minimum atomic E-state index is -0.200. The van der Waals surface area contributed by atoms with Crippen molar-refractivity contribution in [2.75, 3.05) is 39.3 Å². The van der Waals surface area contributed by atoms with Crippen LogP contribution < -0.4 is 0 Å². The van der Waals surface area contributed by atoms with Crippen molar-refractivity contribution in [2.45, 2.75) is 20.8 Å². The zero-order chi connectivity index (χ0) is 10.6. The molecule has 80 valence electrons. The van der Waals surface area contributed by atoms with E-state index in [0.717, 1.165) is 39.3 Å². The summed E-state index contributed by atoms with van der Waals surface area (Å²) in [5, 5.41) is 8.94. The van der Waals surface area contributed by atoms with Gasteiger partial charge in [-0.1, -0.05) is 6.92 Å². The van der Waals surface area contributed by atoms with Crippen molar-refractivity contribution in [1.29, 1.82) is 5.26 Å². The first-order chi connectivity index (χ1) is 6.57. The molecule has 3 heteroatoms. The maximum Gasteiger partial charge on any atom is 0.0697 e. The smallest absolute Gasteiger partial charge is 0.0697 e. The van der Waals surface area contributed by atoms with Gasteiger partial charge in [-0.15, -0.1) is 0 Å². The molecule has 1 fully saturated rings. The van der Waals surface area contributed by atoms with Crippen LogP contribution in [-0.2, 0) is 0 Å². The molecule has 14 heavy (non-hydrogen) atoms. The third kappa shape index (κ3) is 3.28. The molecule has 0 aromatic carbocycles. The number of nitriles is 1. The first-order valence-electron chi connectivity index (χ1n) is 5.43. The summed E-state index contributed by atoms with van der Waals surface area (Å²) in [6, 6.07) is 2.36. The van der Waals surface area contributed by atoms with E-state index in [1.54, 1.807) is 0 Å². The van der Waals surface area contributed by atoms with Crippen molar-refractivity contribution in [1.82, 2.24) is 9.80 Å². The number of likely N-dealkylation sites (N-methyl/N-ethyl adjacent to an activating group) is 1. The van der Waals surface area contributed by atoms with Gasteiger partial charge in [-0.3, -0.25) is 4.90 Å². The van der Waals surface area contributed by atoms with Crippen molar-refractivity contribution in [3.8, 4) is 6.07 Å². The second kappa shape index (κ2) is 4.77. The van der Waals surface area contributed by atoms with Gasteiger partial charge in [0, 0.05) is 32.7 Å². The molecule has 0 radical (unpaired) electrons. The van der Waals surface area contributed by atoms with E-state index in [-0.39, 0.29) is 5.41 Å². The SMILES string of the molecule is CCN1CCN(CC(C)(C)C#N)CC1. The minimum Gasteiger partial charge on any atom is -0.301 e. The highest BCUT2D eigenvalue weighted by Gasteiger charge is 2.23. The van der Waals surface area contributed by atoms with Crippen LogP contribution in [0.15, 0.2) is 0 Å². The van der Waals surface area contributed by atoms with Crippen molar-refractivity contribution in [3.05, 3.63) is 0 Å². The summed E-state index contributed by atoms with van der Waals surface area (Å²) < 4.78 is 0. The lowest BCUT2D eigenvalue weighted by molar-refractivity contribution is 0.115. The third-order valence-electron chi connectivity index (χ3n) is 2.83. The Hall–Kier alpha value is -0.590. The number of rotatable bonds is 3. The fraction of sp³-hybridized carbons (Fsp3) is 0.909. The van der Waals surface area contributed by atoms with E-state index in [0.29, 0.717) is 0 Å². The summed E-state index contributed by atoms with van der Waals surface area (Å²) in [6.45, 7) is 12.8. The molecular weight excluding hydrogens is 174 g/mol. The van der Waals surface area contributed by atoms with E-state index in [2.05, 4.69) is 22.8 Å². The summed E-state index contributed by atoms with van der Waals surface area (Å²) in [6.07, 6.45) is 0. The van der Waals surface area contributed by atoms with Gasteiger partial charge in [0.25, 0.3) is 0 Å². The normalized spacial score (nSPS) is 20.7. The van der Waals surface area contributed by atoms with E-state index in [9.17, 15) is 0 Å². The Morgan fingerprint density at radius 1 is 1.14 bits per heavy atom. The molecule has 0 bridgehead atoms. The van der Waals surface area contributed by atoms with E-state index in [1.807, 2.05) is 13.8 Å². The molecule has 0 saturated carbocycles. The van der Waals surface area contributed by atoms with Gasteiger partial charge < -0.3 is 4.90 Å². The van der Waals surface area contributed by atoms with Crippen LogP contribution in [0.1, 0.15) is 20.8 Å². The molecule has 0 N–H and O–H groups in total. The maximum absolute atomic E-state index is 8.94. The van der Waals surface area contributed by atoms with Crippen molar-refractivity contribution >= 4 is 0 Å². The Morgan fingerprint density at radius 3 is 2.07 bits per heavy atom.